The summed E-state index contributed by atoms with van der Waals surface area (Å²) in [6.45, 7) is 4.74. The van der Waals surface area contributed by atoms with Crippen LogP contribution in [-0.4, -0.2) is 18.4 Å². The zero-order valence-corrected chi connectivity index (χ0v) is 5.79. The second-order valence-corrected chi connectivity index (χ2v) is 2.73. The molecule has 1 aliphatic rings. The Morgan fingerprint density at radius 2 is 2.33 bits per heavy atom. The first-order valence-electron chi connectivity index (χ1n) is 3.03. The second kappa shape index (κ2) is 2.21. The average molecular weight is 125 g/mol. The third-order valence-corrected chi connectivity index (χ3v) is 1.12. The lowest BCUT2D eigenvalue weighted by atomic mass is 10.1. The molecule has 0 atom stereocenters. The highest BCUT2D eigenvalue weighted by molar-refractivity contribution is 5.71. The van der Waals surface area contributed by atoms with Gasteiger partial charge in [-0.1, -0.05) is 0 Å². The molecular formula is C7H11NO. The molecule has 0 amide bonds. The maximum Gasteiger partial charge on any atom is 0.112 e. The van der Waals surface area contributed by atoms with Crippen molar-refractivity contribution in [2.45, 2.75) is 19.4 Å². The van der Waals surface area contributed by atoms with Crippen molar-refractivity contribution in [1.82, 2.24) is 0 Å². The second-order valence-electron chi connectivity index (χ2n) is 2.73. The van der Waals surface area contributed by atoms with E-state index in [1.54, 1.807) is 18.6 Å². The zero-order valence-electron chi connectivity index (χ0n) is 5.79. The molecule has 0 spiro atoms. The summed E-state index contributed by atoms with van der Waals surface area (Å²) in [5, 5.41) is 0. The largest absolute Gasteiger partial charge is 0.499 e. The summed E-state index contributed by atoms with van der Waals surface area (Å²) in [7, 11) is 0. The first-order chi connectivity index (χ1) is 4.21. The topological polar surface area (TPSA) is 21.6 Å². The Bertz CT molecular complexity index is 147. The lowest BCUT2D eigenvalue weighted by Gasteiger charge is -2.15. The van der Waals surface area contributed by atoms with Crippen molar-refractivity contribution >= 4 is 6.21 Å². The van der Waals surface area contributed by atoms with E-state index in [9.17, 15) is 0 Å². The normalized spacial score (nSPS) is 22.9. The van der Waals surface area contributed by atoms with Crippen LogP contribution in [0.3, 0.4) is 0 Å². The number of aliphatic imine (C=N–C) groups is 1. The molecule has 0 unspecified atom stereocenters. The average Bonchev–Trinajstić information content (AvgIpc) is 1.92. The molecular weight excluding hydrogens is 114 g/mol. The van der Waals surface area contributed by atoms with Crippen LogP contribution in [0.2, 0.25) is 0 Å². The Labute approximate surface area is 55.2 Å². The molecule has 0 N–H and O–H groups in total. The summed E-state index contributed by atoms with van der Waals surface area (Å²) in [5.41, 5.74) is -0.0521. The van der Waals surface area contributed by atoms with Gasteiger partial charge in [0.05, 0.1) is 11.8 Å². The smallest absolute Gasteiger partial charge is 0.112 e. The van der Waals surface area contributed by atoms with Gasteiger partial charge >= 0.3 is 0 Å². The van der Waals surface area contributed by atoms with Crippen molar-refractivity contribution < 1.29 is 4.74 Å². The van der Waals surface area contributed by atoms with Crippen LogP contribution in [0.15, 0.2) is 17.3 Å². The van der Waals surface area contributed by atoms with Crippen LogP contribution in [0.4, 0.5) is 0 Å². The van der Waals surface area contributed by atoms with E-state index >= 15 is 0 Å². The quantitative estimate of drug-likeness (QED) is 0.479. The van der Waals surface area contributed by atoms with Crippen molar-refractivity contribution in [2.24, 2.45) is 4.99 Å². The van der Waals surface area contributed by atoms with Gasteiger partial charge in [-0.25, -0.2) is 0 Å². The molecule has 0 aliphatic carbocycles. The molecule has 0 saturated heterocycles. The number of hydrogen-bond acceptors (Lipinski definition) is 2. The van der Waals surface area contributed by atoms with Gasteiger partial charge in [0.2, 0.25) is 0 Å². The van der Waals surface area contributed by atoms with E-state index in [2.05, 4.69) is 4.99 Å². The summed E-state index contributed by atoms with van der Waals surface area (Å²) in [6.07, 6.45) is 5.24. The lowest BCUT2D eigenvalue weighted by molar-refractivity contribution is 0.194. The summed E-state index contributed by atoms with van der Waals surface area (Å²) in [5.74, 6) is 0. The monoisotopic (exact) mass is 125 g/mol. The molecule has 50 valence electrons. The van der Waals surface area contributed by atoms with Gasteiger partial charge in [0.25, 0.3) is 0 Å². The summed E-state index contributed by atoms with van der Waals surface area (Å²) < 4.78 is 5.10. The highest BCUT2D eigenvalue weighted by atomic mass is 16.5. The Hall–Kier alpha value is -0.790. The van der Waals surface area contributed by atoms with E-state index in [1.165, 1.54) is 0 Å². The van der Waals surface area contributed by atoms with Gasteiger partial charge in [0.1, 0.15) is 6.61 Å². The minimum Gasteiger partial charge on any atom is -0.499 e. The predicted octanol–water partition coefficient (Wildman–Crippen LogP) is 1.38. The zero-order chi connectivity index (χ0) is 6.74. The summed E-state index contributed by atoms with van der Waals surface area (Å²) in [4.78, 5) is 4.22. The van der Waals surface area contributed by atoms with Crippen molar-refractivity contribution in [3.05, 3.63) is 12.3 Å². The number of hydrogen-bond donors (Lipinski definition) is 0. The molecule has 2 heteroatoms. The molecule has 1 heterocycles. The number of ether oxygens (including phenoxy) is 1. The third kappa shape index (κ3) is 1.88. The van der Waals surface area contributed by atoms with Gasteiger partial charge in [-0.05, 0) is 19.9 Å². The molecule has 0 aromatic heterocycles. The summed E-state index contributed by atoms with van der Waals surface area (Å²) >= 11 is 0. The van der Waals surface area contributed by atoms with Crippen molar-refractivity contribution in [1.29, 1.82) is 0 Å². The molecule has 0 bridgehead atoms. The van der Waals surface area contributed by atoms with Crippen LogP contribution in [-0.2, 0) is 4.74 Å². The van der Waals surface area contributed by atoms with E-state index in [0.29, 0.717) is 6.61 Å². The van der Waals surface area contributed by atoms with E-state index < -0.39 is 0 Å². The van der Waals surface area contributed by atoms with Gasteiger partial charge < -0.3 is 4.74 Å². The van der Waals surface area contributed by atoms with E-state index in [1.807, 2.05) is 13.8 Å². The van der Waals surface area contributed by atoms with Crippen molar-refractivity contribution in [2.75, 3.05) is 6.61 Å². The van der Waals surface area contributed by atoms with Crippen LogP contribution < -0.4 is 0 Å². The first kappa shape index (κ1) is 6.33. The fourth-order valence-electron chi connectivity index (χ4n) is 0.625. The third-order valence-electron chi connectivity index (χ3n) is 1.12. The van der Waals surface area contributed by atoms with Crippen LogP contribution in [0.5, 0.6) is 0 Å². The molecule has 0 radical (unpaired) electrons. The number of rotatable bonds is 0. The fourth-order valence-corrected chi connectivity index (χ4v) is 0.625. The molecule has 1 aliphatic heterocycles. The van der Waals surface area contributed by atoms with E-state index in [-0.39, 0.29) is 5.54 Å². The number of allylic oxidation sites excluding steroid dienone is 1. The van der Waals surface area contributed by atoms with Crippen LogP contribution >= 0.6 is 0 Å². The first-order valence-corrected chi connectivity index (χ1v) is 3.03. The highest BCUT2D eigenvalue weighted by Crippen LogP contribution is 2.10. The molecule has 0 fully saturated rings. The Morgan fingerprint density at radius 1 is 1.56 bits per heavy atom. The maximum atomic E-state index is 5.10. The summed E-state index contributed by atoms with van der Waals surface area (Å²) in [6, 6.07) is 0. The van der Waals surface area contributed by atoms with Gasteiger partial charge in [-0.15, -0.1) is 0 Å². The highest BCUT2D eigenvalue weighted by Gasteiger charge is 2.15. The maximum absolute atomic E-state index is 5.10. The van der Waals surface area contributed by atoms with E-state index in [4.69, 9.17) is 4.74 Å². The van der Waals surface area contributed by atoms with Crippen LogP contribution in [0.1, 0.15) is 13.8 Å². The van der Waals surface area contributed by atoms with Crippen LogP contribution in [0, 0.1) is 0 Å². The van der Waals surface area contributed by atoms with Gasteiger partial charge in [0.15, 0.2) is 0 Å². The van der Waals surface area contributed by atoms with Gasteiger partial charge in [0, 0.05) is 6.21 Å². The molecule has 0 saturated carbocycles. The fraction of sp³-hybridized carbons (Fsp3) is 0.571. The Balaban J connectivity index is 2.62. The predicted molar refractivity (Wildman–Crippen MR) is 37.7 cm³/mol. The minimum absolute atomic E-state index is 0.0521. The van der Waals surface area contributed by atoms with E-state index in [0.717, 1.165) is 0 Å². The van der Waals surface area contributed by atoms with Crippen LogP contribution in [0.25, 0.3) is 0 Å². The standard InChI is InChI=1S/C7H11NO/c1-7(2)6-9-5-3-4-8-7/h3-5H,6H2,1-2H3. The molecule has 0 aromatic carbocycles. The molecule has 2 nitrogen and oxygen atoms in total. The number of nitrogens with zero attached hydrogens (tertiary/aromatic N) is 1. The van der Waals surface area contributed by atoms with Crippen molar-refractivity contribution in [3.63, 3.8) is 0 Å². The van der Waals surface area contributed by atoms with Gasteiger partial charge in [-0.3, -0.25) is 4.99 Å². The molecule has 0 aromatic rings. The molecule has 9 heavy (non-hydrogen) atoms. The van der Waals surface area contributed by atoms with Gasteiger partial charge in [-0.2, -0.15) is 0 Å². The van der Waals surface area contributed by atoms with Crippen molar-refractivity contribution in [3.8, 4) is 0 Å². The Kier molecular flexibility index (Phi) is 1.56. The Morgan fingerprint density at radius 3 is 3.11 bits per heavy atom. The minimum atomic E-state index is -0.0521. The molecule has 1 rings (SSSR count). The SMILES string of the molecule is CC1(C)COC=CC=N1. The lowest BCUT2D eigenvalue weighted by Crippen LogP contribution is -2.22.